The Hall–Kier alpha value is -2.47. The first-order valence-electron chi connectivity index (χ1n) is 6.58. The summed E-state index contributed by atoms with van der Waals surface area (Å²) in [6, 6.07) is 5.21. The number of aryl methyl sites for hydroxylation is 2. The number of hydrogen-bond acceptors (Lipinski definition) is 5. The van der Waals surface area contributed by atoms with Gasteiger partial charge in [0.05, 0.1) is 6.61 Å². The number of anilines is 1. The van der Waals surface area contributed by atoms with Crippen LogP contribution in [0, 0.1) is 13.8 Å². The van der Waals surface area contributed by atoms with Gasteiger partial charge in [-0.25, -0.2) is 9.97 Å². The van der Waals surface area contributed by atoms with Gasteiger partial charge < -0.3 is 16.2 Å². The lowest BCUT2D eigenvalue weighted by atomic mass is 10.1. The summed E-state index contributed by atoms with van der Waals surface area (Å²) in [5, 5.41) is 12.0. The maximum absolute atomic E-state index is 12.1. The molecule has 0 radical (unpaired) electrons. The van der Waals surface area contributed by atoms with Gasteiger partial charge in [-0.3, -0.25) is 4.79 Å². The van der Waals surface area contributed by atoms with Gasteiger partial charge in [0.1, 0.15) is 11.6 Å². The van der Waals surface area contributed by atoms with Crippen molar-refractivity contribution in [3.8, 4) is 0 Å². The second kappa shape index (κ2) is 6.32. The minimum Gasteiger partial charge on any atom is -0.392 e. The van der Waals surface area contributed by atoms with Crippen molar-refractivity contribution >= 4 is 11.7 Å². The zero-order valence-corrected chi connectivity index (χ0v) is 12.1. The highest BCUT2D eigenvalue weighted by atomic mass is 16.3. The molecule has 0 aliphatic heterocycles. The van der Waals surface area contributed by atoms with E-state index in [9.17, 15) is 9.90 Å². The van der Waals surface area contributed by atoms with Crippen LogP contribution in [0.5, 0.6) is 0 Å². The molecule has 0 spiro atoms. The van der Waals surface area contributed by atoms with Crippen LogP contribution in [0.2, 0.25) is 0 Å². The predicted molar refractivity (Wildman–Crippen MR) is 79.5 cm³/mol. The third-order valence-electron chi connectivity index (χ3n) is 3.24. The van der Waals surface area contributed by atoms with Gasteiger partial charge in [-0.15, -0.1) is 0 Å². The smallest absolute Gasteiger partial charge is 0.251 e. The molecule has 2 aromatic rings. The number of nitrogens with two attached hydrogens (primary N) is 1. The Balaban J connectivity index is 2.08. The van der Waals surface area contributed by atoms with Crippen LogP contribution in [0.3, 0.4) is 0 Å². The predicted octanol–water partition coefficient (Wildman–Crippen LogP) is 1.10. The van der Waals surface area contributed by atoms with Crippen LogP contribution in [-0.4, -0.2) is 21.0 Å². The zero-order chi connectivity index (χ0) is 15.4. The molecule has 0 saturated heterocycles. The van der Waals surface area contributed by atoms with E-state index in [2.05, 4.69) is 15.3 Å². The zero-order valence-electron chi connectivity index (χ0n) is 12.1. The van der Waals surface area contributed by atoms with Crippen LogP contribution in [0.25, 0.3) is 0 Å². The van der Waals surface area contributed by atoms with Crippen molar-refractivity contribution in [1.82, 2.24) is 15.3 Å². The normalized spacial score (nSPS) is 10.4. The molecule has 0 fully saturated rings. The molecule has 1 heterocycles. The number of nitrogens with one attached hydrogen (secondary N) is 1. The minimum atomic E-state index is -0.232. The number of aliphatic hydroxyl groups is 1. The second-order valence-electron chi connectivity index (χ2n) is 4.81. The lowest BCUT2D eigenvalue weighted by molar-refractivity contribution is 0.0951. The Morgan fingerprint density at radius 3 is 2.76 bits per heavy atom. The Morgan fingerprint density at radius 2 is 2.10 bits per heavy atom. The van der Waals surface area contributed by atoms with Crippen LogP contribution in [-0.2, 0) is 13.2 Å². The Morgan fingerprint density at radius 1 is 1.33 bits per heavy atom. The van der Waals surface area contributed by atoms with E-state index in [1.807, 2.05) is 13.0 Å². The maximum atomic E-state index is 12.1. The number of amides is 1. The van der Waals surface area contributed by atoms with Crippen LogP contribution in [0.15, 0.2) is 24.4 Å². The fourth-order valence-electron chi connectivity index (χ4n) is 1.91. The van der Waals surface area contributed by atoms with E-state index in [1.165, 1.54) is 0 Å². The highest BCUT2D eigenvalue weighted by Crippen LogP contribution is 2.12. The first-order chi connectivity index (χ1) is 10.0. The molecular weight excluding hydrogens is 268 g/mol. The Labute approximate surface area is 123 Å². The summed E-state index contributed by atoms with van der Waals surface area (Å²) in [7, 11) is 0. The number of nitrogen functional groups attached to an aromatic ring is 1. The molecule has 6 nitrogen and oxygen atoms in total. The molecule has 1 aromatic carbocycles. The summed E-state index contributed by atoms with van der Waals surface area (Å²) in [4.78, 5) is 20.2. The summed E-state index contributed by atoms with van der Waals surface area (Å²) in [5.41, 5.74) is 8.63. The minimum absolute atomic E-state index is 0.0916. The molecule has 2 rings (SSSR count). The molecule has 1 amide bonds. The van der Waals surface area contributed by atoms with E-state index in [0.717, 1.165) is 11.1 Å². The SMILES string of the molecule is Cc1ncc(CNC(=O)c2ccc(C)c(CO)c2)c(N)n1. The lowest BCUT2D eigenvalue weighted by Crippen LogP contribution is -2.24. The number of rotatable bonds is 4. The standard InChI is InChI=1S/C15H18N4O2/c1-9-3-4-11(5-12(9)8-20)15(21)18-7-13-6-17-10(2)19-14(13)16/h3-6,20H,7-8H2,1-2H3,(H,18,21)(H2,16,17,19). The Kier molecular flexibility index (Phi) is 4.49. The highest BCUT2D eigenvalue weighted by molar-refractivity contribution is 5.94. The van der Waals surface area contributed by atoms with Gasteiger partial charge >= 0.3 is 0 Å². The lowest BCUT2D eigenvalue weighted by Gasteiger charge is -2.09. The molecule has 110 valence electrons. The van der Waals surface area contributed by atoms with Crippen molar-refractivity contribution in [2.75, 3.05) is 5.73 Å². The third-order valence-corrected chi connectivity index (χ3v) is 3.24. The Bertz CT molecular complexity index is 671. The van der Waals surface area contributed by atoms with Gasteiger partial charge in [-0.2, -0.15) is 0 Å². The largest absolute Gasteiger partial charge is 0.392 e. The number of carbonyl (C=O) groups is 1. The summed E-state index contributed by atoms with van der Waals surface area (Å²) in [5.74, 6) is 0.723. The summed E-state index contributed by atoms with van der Waals surface area (Å²) >= 11 is 0. The maximum Gasteiger partial charge on any atom is 0.251 e. The fraction of sp³-hybridized carbons (Fsp3) is 0.267. The molecule has 0 bridgehead atoms. The van der Waals surface area contributed by atoms with Crippen molar-refractivity contribution in [3.63, 3.8) is 0 Å². The van der Waals surface area contributed by atoms with Gasteiger partial charge in [0.2, 0.25) is 0 Å². The molecule has 21 heavy (non-hydrogen) atoms. The van der Waals surface area contributed by atoms with Crippen molar-refractivity contribution in [1.29, 1.82) is 0 Å². The number of hydrogen-bond donors (Lipinski definition) is 3. The van der Waals surface area contributed by atoms with Gasteiger partial charge in [0.25, 0.3) is 5.91 Å². The number of aromatic nitrogens is 2. The van der Waals surface area contributed by atoms with Crippen LogP contribution < -0.4 is 11.1 Å². The van der Waals surface area contributed by atoms with Gasteiger partial charge in [-0.1, -0.05) is 6.07 Å². The average Bonchev–Trinajstić information content (AvgIpc) is 2.46. The van der Waals surface area contributed by atoms with E-state index >= 15 is 0 Å². The first-order valence-corrected chi connectivity index (χ1v) is 6.58. The van der Waals surface area contributed by atoms with E-state index in [1.54, 1.807) is 25.3 Å². The van der Waals surface area contributed by atoms with Gasteiger partial charge in [0.15, 0.2) is 0 Å². The van der Waals surface area contributed by atoms with Crippen molar-refractivity contribution in [2.45, 2.75) is 27.0 Å². The molecule has 1 aromatic heterocycles. The van der Waals surface area contributed by atoms with E-state index < -0.39 is 0 Å². The van der Waals surface area contributed by atoms with Crippen LogP contribution >= 0.6 is 0 Å². The molecule has 6 heteroatoms. The molecule has 0 unspecified atom stereocenters. The van der Waals surface area contributed by atoms with Gasteiger partial charge in [0, 0.05) is 23.9 Å². The number of benzene rings is 1. The monoisotopic (exact) mass is 286 g/mol. The van der Waals surface area contributed by atoms with Crippen LogP contribution in [0.1, 0.15) is 32.9 Å². The van der Waals surface area contributed by atoms with Crippen LogP contribution in [0.4, 0.5) is 5.82 Å². The van der Waals surface area contributed by atoms with Gasteiger partial charge in [-0.05, 0) is 37.1 Å². The fourth-order valence-corrected chi connectivity index (χ4v) is 1.91. The van der Waals surface area contributed by atoms with Crippen molar-refractivity contribution < 1.29 is 9.90 Å². The van der Waals surface area contributed by atoms with E-state index in [-0.39, 0.29) is 19.1 Å². The van der Waals surface area contributed by atoms with Crippen molar-refractivity contribution in [3.05, 3.63) is 52.5 Å². The summed E-state index contributed by atoms with van der Waals surface area (Å²) in [6.45, 7) is 3.80. The first kappa shape index (κ1) is 14.9. The molecule has 0 atom stereocenters. The number of aliphatic hydroxyl groups excluding tert-OH is 1. The summed E-state index contributed by atoms with van der Waals surface area (Å²) in [6.07, 6.45) is 1.60. The molecule has 0 aliphatic carbocycles. The molecule has 0 aliphatic rings. The number of carbonyl (C=O) groups excluding carboxylic acids is 1. The summed E-state index contributed by atoms with van der Waals surface area (Å²) < 4.78 is 0. The molecule has 0 saturated carbocycles. The van der Waals surface area contributed by atoms with E-state index in [4.69, 9.17) is 5.73 Å². The number of nitrogens with zero attached hydrogens (tertiary/aromatic N) is 2. The van der Waals surface area contributed by atoms with Crippen molar-refractivity contribution in [2.24, 2.45) is 0 Å². The average molecular weight is 286 g/mol. The van der Waals surface area contributed by atoms with E-state index in [0.29, 0.717) is 22.8 Å². The molecule has 4 N–H and O–H groups in total. The third kappa shape index (κ3) is 3.55. The highest BCUT2D eigenvalue weighted by Gasteiger charge is 2.09. The second-order valence-corrected chi connectivity index (χ2v) is 4.81. The topological polar surface area (TPSA) is 101 Å². The quantitative estimate of drug-likeness (QED) is 0.781. The molecular formula is C15H18N4O2.